The second kappa shape index (κ2) is 9.20. The van der Waals surface area contributed by atoms with E-state index in [-0.39, 0.29) is 6.61 Å². The van der Waals surface area contributed by atoms with E-state index < -0.39 is 6.29 Å². The van der Waals surface area contributed by atoms with Gasteiger partial charge in [0.2, 0.25) is 5.75 Å². The molecule has 0 fully saturated rings. The lowest BCUT2D eigenvalue weighted by atomic mass is 10.2. The molecule has 0 heterocycles. The molecule has 0 aliphatic carbocycles. The van der Waals surface area contributed by atoms with Crippen molar-refractivity contribution in [2.24, 2.45) is 0 Å². The average Bonchev–Trinajstić information content (AvgIpc) is 2.52. The van der Waals surface area contributed by atoms with E-state index in [1.807, 2.05) is 13.8 Å². The second-order valence-electron chi connectivity index (χ2n) is 4.02. The van der Waals surface area contributed by atoms with E-state index in [0.717, 1.165) is 6.29 Å². The molecular formula is C15H22O6. The molecule has 0 saturated carbocycles. The fraction of sp³-hybridized carbons (Fsp3) is 0.533. The Hall–Kier alpha value is -1.79. The average molecular weight is 298 g/mol. The molecule has 118 valence electrons. The molecule has 0 aliphatic rings. The monoisotopic (exact) mass is 298 g/mol. The van der Waals surface area contributed by atoms with E-state index in [4.69, 9.17) is 23.7 Å². The first-order valence-electron chi connectivity index (χ1n) is 6.77. The van der Waals surface area contributed by atoms with Gasteiger partial charge >= 0.3 is 0 Å². The predicted molar refractivity (Wildman–Crippen MR) is 77.5 cm³/mol. The summed E-state index contributed by atoms with van der Waals surface area (Å²) in [4.78, 5) is 10.9. The lowest BCUT2D eigenvalue weighted by Gasteiger charge is -2.20. The van der Waals surface area contributed by atoms with Gasteiger partial charge in [-0.25, -0.2) is 0 Å². The molecule has 0 atom stereocenters. The molecule has 1 aromatic rings. The summed E-state index contributed by atoms with van der Waals surface area (Å²) in [6.45, 7) is 4.99. The van der Waals surface area contributed by atoms with Crippen molar-refractivity contribution < 1.29 is 28.5 Å². The van der Waals surface area contributed by atoms with Crippen LogP contribution in [0.25, 0.3) is 0 Å². The highest BCUT2D eigenvalue weighted by molar-refractivity contribution is 5.78. The van der Waals surface area contributed by atoms with Gasteiger partial charge < -0.3 is 23.7 Å². The Morgan fingerprint density at radius 2 is 1.57 bits per heavy atom. The SMILES string of the molecule is CCOC(COc1c(OC)cc(C=O)cc1OC)OCC. The molecule has 0 N–H and O–H groups in total. The first-order valence-corrected chi connectivity index (χ1v) is 6.77. The number of hydrogen-bond acceptors (Lipinski definition) is 6. The topological polar surface area (TPSA) is 63.2 Å². The third-order valence-electron chi connectivity index (χ3n) is 2.69. The van der Waals surface area contributed by atoms with E-state index in [1.165, 1.54) is 14.2 Å². The maximum atomic E-state index is 10.9. The molecule has 6 nitrogen and oxygen atoms in total. The van der Waals surface area contributed by atoms with E-state index in [2.05, 4.69) is 0 Å². The zero-order chi connectivity index (χ0) is 15.7. The molecule has 0 amide bonds. The Kier molecular flexibility index (Phi) is 7.56. The summed E-state index contributed by atoms with van der Waals surface area (Å²) >= 11 is 0. The standard InChI is InChI=1S/C15H22O6/c1-5-19-14(20-6-2)10-21-15-12(17-3)7-11(9-16)8-13(15)18-4/h7-9,14H,5-6,10H2,1-4H3. The first kappa shape index (κ1) is 17.3. The smallest absolute Gasteiger partial charge is 0.203 e. The van der Waals surface area contributed by atoms with Crippen LogP contribution in [0.1, 0.15) is 24.2 Å². The minimum absolute atomic E-state index is 0.189. The fourth-order valence-electron chi connectivity index (χ4n) is 1.78. The highest BCUT2D eigenvalue weighted by atomic mass is 16.7. The van der Waals surface area contributed by atoms with Crippen LogP contribution < -0.4 is 14.2 Å². The van der Waals surface area contributed by atoms with Crippen molar-refractivity contribution in [3.05, 3.63) is 17.7 Å². The number of carbonyl (C=O) groups excluding carboxylic acids is 1. The van der Waals surface area contributed by atoms with Gasteiger partial charge in [-0.1, -0.05) is 0 Å². The summed E-state index contributed by atoms with van der Waals surface area (Å²) in [7, 11) is 3.00. The van der Waals surface area contributed by atoms with Gasteiger partial charge in [0, 0.05) is 18.8 Å². The maximum Gasteiger partial charge on any atom is 0.203 e. The summed E-state index contributed by atoms with van der Waals surface area (Å²) in [5.41, 5.74) is 0.446. The molecule has 0 unspecified atom stereocenters. The summed E-state index contributed by atoms with van der Waals surface area (Å²) in [6.07, 6.45) is 0.248. The molecule has 0 bridgehead atoms. The summed E-state index contributed by atoms with van der Waals surface area (Å²) < 4.78 is 27.0. The van der Waals surface area contributed by atoms with Crippen molar-refractivity contribution in [1.29, 1.82) is 0 Å². The van der Waals surface area contributed by atoms with Gasteiger partial charge in [-0.3, -0.25) is 4.79 Å². The number of carbonyl (C=O) groups is 1. The molecule has 0 aromatic heterocycles. The van der Waals surface area contributed by atoms with Crippen LogP contribution >= 0.6 is 0 Å². The van der Waals surface area contributed by atoms with Crippen LogP contribution in [0.2, 0.25) is 0 Å². The molecule has 0 saturated heterocycles. The molecule has 6 heteroatoms. The number of ether oxygens (including phenoxy) is 5. The fourth-order valence-corrected chi connectivity index (χ4v) is 1.78. The lowest BCUT2D eigenvalue weighted by molar-refractivity contribution is -0.152. The van der Waals surface area contributed by atoms with Crippen molar-refractivity contribution >= 4 is 6.29 Å². The molecule has 1 aromatic carbocycles. The Balaban J connectivity index is 2.92. The van der Waals surface area contributed by atoms with Gasteiger partial charge in [0.1, 0.15) is 12.9 Å². The predicted octanol–water partition coefficient (Wildman–Crippen LogP) is 2.29. The minimum Gasteiger partial charge on any atom is -0.493 e. The Morgan fingerprint density at radius 1 is 1.05 bits per heavy atom. The highest BCUT2D eigenvalue weighted by Crippen LogP contribution is 2.38. The summed E-state index contributed by atoms with van der Waals surface area (Å²) in [5, 5.41) is 0. The number of rotatable bonds is 10. The van der Waals surface area contributed by atoms with Gasteiger partial charge in [-0.05, 0) is 26.0 Å². The van der Waals surface area contributed by atoms with Crippen LogP contribution in [0.3, 0.4) is 0 Å². The normalized spacial score (nSPS) is 10.5. The Labute approximate surface area is 124 Å². The van der Waals surface area contributed by atoms with Gasteiger partial charge in [0.25, 0.3) is 0 Å². The molecule has 0 aliphatic heterocycles. The van der Waals surface area contributed by atoms with Crippen LogP contribution in [0, 0.1) is 0 Å². The van der Waals surface area contributed by atoms with Crippen molar-refractivity contribution in [3.63, 3.8) is 0 Å². The molecular weight excluding hydrogens is 276 g/mol. The minimum atomic E-state index is -0.472. The molecule has 0 radical (unpaired) electrons. The Morgan fingerprint density at radius 3 is 1.95 bits per heavy atom. The zero-order valence-corrected chi connectivity index (χ0v) is 12.9. The van der Waals surface area contributed by atoms with Crippen molar-refractivity contribution in [1.82, 2.24) is 0 Å². The van der Waals surface area contributed by atoms with Gasteiger partial charge in [0.05, 0.1) is 14.2 Å². The van der Waals surface area contributed by atoms with Crippen LogP contribution in [-0.4, -0.2) is 46.6 Å². The lowest BCUT2D eigenvalue weighted by Crippen LogP contribution is -2.25. The van der Waals surface area contributed by atoms with Crippen LogP contribution in [-0.2, 0) is 9.47 Å². The molecule has 0 spiro atoms. The number of hydrogen-bond donors (Lipinski definition) is 0. The van der Waals surface area contributed by atoms with E-state index in [9.17, 15) is 4.79 Å². The molecule has 1 rings (SSSR count). The van der Waals surface area contributed by atoms with Crippen LogP contribution in [0.5, 0.6) is 17.2 Å². The van der Waals surface area contributed by atoms with Crippen LogP contribution in [0.4, 0.5) is 0 Å². The summed E-state index contributed by atoms with van der Waals surface area (Å²) in [5.74, 6) is 1.25. The maximum absolute atomic E-state index is 10.9. The van der Waals surface area contributed by atoms with Crippen molar-refractivity contribution in [2.75, 3.05) is 34.0 Å². The molecule has 21 heavy (non-hydrogen) atoms. The van der Waals surface area contributed by atoms with E-state index >= 15 is 0 Å². The van der Waals surface area contributed by atoms with Gasteiger partial charge in [-0.2, -0.15) is 0 Å². The number of benzene rings is 1. The van der Waals surface area contributed by atoms with Crippen LogP contribution in [0.15, 0.2) is 12.1 Å². The quantitative estimate of drug-likeness (QED) is 0.488. The highest BCUT2D eigenvalue weighted by Gasteiger charge is 2.17. The largest absolute Gasteiger partial charge is 0.493 e. The van der Waals surface area contributed by atoms with E-state index in [1.54, 1.807) is 12.1 Å². The number of methoxy groups -OCH3 is 2. The van der Waals surface area contributed by atoms with Crippen molar-refractivity contribution in [3.8, 4) is 17.2 Å². The third kappa shape index (κ3) is 4.91. The second-order valence-corrected chi connectivity index (χ2v) is 4.02. The van der Waals surface area contributed by atoms with Gasteiger partial charge in [-0.15, -0.1) is 0 Å². The van der Waals surface area contributed by atoms with Gasteiger partial charge in [0.15, 0.2) is 17.8 Å². The van der Waals surface area contributed by atoms with Crippen molar-refractivity contribution in [2.45, 2.75) is 20.1 Å². The zero-order valence-electron chi connectivity index (χ0n) is 12.9. The third-order valence-corrected chi connectivity index (χ3v) is 2.69. The first-order chi connectivity index (χ1) is 10.2. The number of aldehydes is 1. The summed E-state index contributed by atoms with van der Waals surface area (Å²) in [6, 6.07) is 3.17. The van der Waals surface area contributed by atoms with E-state index in [0.29, 0.717) is 36.0 Å². The Bertz CT molecular complexity index is 415.